The van der Waals surface area contributed by atoms with Gasteiger partial charge in [0.05, 0.1) is 19.7 Å². The van der Waals surface area contributed by atoms with Crippen LogP contribution in [-0.2, 0) is 9.53 Å². The minimum absolute atomic E-state index is 0.124. The summed E-state index contributed by atoms with van der Waals surface area (Å²) in [7, 11) is 1.74. The predicted molar refractivity (Wildman–Crippen MR) is 104 cm³/mol. The maximum Gasteiger partial charge on any atom is 0.170 e. The molecule has 0 aromatic carbocycles. The summed E-state index contributed by atoms with van der Waals surface area (Å²) < 4.78 is 5.41. The molecule has 1 aliphatic carbocycles. The second kappa shape index (κ2) is 8.82. The van der Waals surface area contributed by atoms with Gasteiger partial charge in [-0.15, -0.1) is 0 Å². The first kappa shape index (κ1) is 19.1. The van der Waals surface area contributed by atoms with Crippen molar-refractivity contribution < 1.29 is 9.53 Å². The van der Waals surface area contributed by atoms with Crippen molar-refractivity contribution in [2.45, 2.75) is 45.6 Å². The molecule has 0 spiro atoms. The SMILES string of the molecule is CC/C(C)=C(\C=C1/CNCC(=O)C2CNN=C(C3CCC3)N2C1)COC. The number of Topliss-reactive ketones (excluding diaryl/α,β-unsaturated/α-hetero) is 1. The van der Waals surface area contributed by atoms with E-state index in [1.807, 2.05) is 0 Å². The molecule has 0 bridgehead atoms. The molecule has 144 valence electrons. The second-order valence-corrected chi connectivity index (χ2v) is 7.57. The molecule has 6 nitrogen and oxygen atoms in total. The van der Waals surface area contributed by atoms with Crippen LogP contribution in [0, 0.1) is 5.92 Å². The Bertz CT molecular complexity index is 619. The first-order chi connectivity index (χ1) is 12.6. The molecule has 2 heterocycles. The van der Waals surface area contributed by atoms with E-state index < -0.39 is 0 Å². The van der Waals surface area contributed by atoms with Gasteiger partial charge in [-0.2, -0.15) is 5.10 Å². The Balaban J connectivity index is 1.88. The van der Waals surface area contributed by atoms with E-state index in [-0.39, 0.29) is 11.8 Å². The van der Waals surface area contributed by atoms with E-state index in [9.17, 15) is 4.79 Å². The van der Waals surface area contributed by atoms with Crippen LogP contribution in [0.1, 0.15) is 39.5 Å². The minimum Gasteiger partial charge on any atom is -0.380 e. The van der Waals surface area contributed by atoms with Crippen LogP contribution in [0.15, 0.2) is 27.9 Å². The molecule has 0 aromatic rings. The Morgan fingerprint density at radius 1 is 1.38 bits per heavy atom. The minimum atomic E-state index is -0.124. The standard InChI is InChI=1S/C20H32N4O2/c1-4-14(2)17(13-26-3)8-15-9-21-11-19(25)18-10-22-23-20(24(18)12-15)16-6-5-7-16/h8,16,18,21-22H,4-7,9-13H2,1-3H3/b15-8+,17-14+. The number of fused-ring (bicyclic) bond motifs is 1. The third-order valence-electron chi connectivity index (χ3n) is 5.77. The number of allylic oxidation sites excluding steroid dienone is 1. The maximum absolute atomic E-state index is 12.6. The molecule has 2 N–H and O–H groups in total. The number of hydrazone groups is 1. The Morgan fingerprint density at radius 3 is 2.85 bits per heavy atom. The normalized spacial score (nSPS) is 27.0. The van der Waals surface area contributed by atoms with Crippen LogP contribution in [0.4, 0.5) is 0 Å². The lowest BCUT2D eigenvalue weighted by Gasteiger charge is -2.43. The Morgan fingerprint density at radius 2 is 2.19 bits per heavy atom. The van der Waals surface area contributed by atoms with E-state index in [0.29, 0.717) is 25.6 Å². The zero-order valence-corrected chi connectivity index (χ0v) is 16.3. The fourth-order valence-corrected chi connectivity index (χ4v) is 3.77. The van der Waals surface area contributed by atoms with E-state index >= 15 is 0 Å². The average molecular weight is 361 g/mol. The van der Waals surface area contributed by atoms with Crippen LogP contribution >= 0.6 is 0 Å². The molecule has 0 amide bonds. The summed E-state index contributed by atoms with van der Waals surface area (Å²) in [6, 6.07) is -0.124. The zero-order valence-electron chi connectivity index (χ0n) is 16.3. The fraction of sp³-hybridized carbons (Fsp3) is 0.700. The highest BCUT2D eigenvalue weighted by Crippen LogP contribution is 2.31. The van der Waals surface area contributed by atoms with Crippen LogP contribution in [0.25, 0.3) is 0 Å². The van der Waals surface area contributed by atoms with Gasteiger partial charge in [0.25, 0.3) is 0 Å². The number of carbonyl (C=O) groups excluding carboxylic acids is 1. The number of hydrogen-bond donors (Lipinski definition) is 2. The van der Waals surface area contributed by atoms with Crippen molar-refractivity contribution in [3.63, 3.8) is 0 Å². The van der Waals surface area contributed by atoms with E-state index in [1.54, 1.807) is 7.11 Å². The highest BCUT2D eigenvalue weighted by Gasteiger charge is 2.37. The molecule has 1 saturated heterocycles. The number of rotatable bonds is 5. The number of nitrogens with zero attached hydrogens (tertiary/aromatic N) is 2. The summed E-state index contributed by atoms with van der Waals surface area (Å²) in [4.78, 5) is 14.9. The number of hydrogen-bond acceptors (Lipinski definition) is 6. The monoisotopic (exact) mass is 360 g/mol. The van der Waals surface area contributed by atoms with Gasteiger partial charge < -0.3 is 20.4 Å². The Labute approximate surface area is 156 Å². The number of ketones is 1. The fourth-order valence-electron chi connectivity index (χ4n) is 3.77. The van der Waals surface area contributed by atoms with Crippen LogP contribution < -0.4 is 10.7 Å². The van der Waals surface area contributed by atoms with Crippen molar-refractivity contribution in [1.82, 2.24) is 15.6 Å². The van der Waals surface area contributed by atoms with Gasteiger partial charge in [0.1, 0.15) is 11.9 Å². The van der Waals surface area contributed by atoms with Crippen molar-refractivity contribution in [3.05, 3.63) is 22.8 Å². The molecule has 1 atom stereocenters. The third-order valence-corrected chi connectivity index (χ3v) is 5.77. The van der Waals surface area contributed by atoms with Crippen molar-refractivity contribution in [1.29, 1.82) is 0 Å². The number of nitrogens with one attached hydrogen (secondary N) is 2. The van der Waals surface area contributed by atoms with Crippen LogP contribution in [0.5, 0.6) is 0 Å². The first-order valence-electron chi connectivity index (χ1n) is 9.81. The summed E-state index contributed by atoms with van der Waals surface area (Å²) >= 11 is 0. The molecular weight excluding hydrogens is 328 g/mol. The molecule has 0 aromatic heterocycles. The van der Waals surface area contributed by atoms with Gasteiger partial charge in [-0.05, 0) is 37.3 Å². The third kappa shape index (κ3) is 4.18. The van der Waals surface area contributed by atoms with Crippen LogP contribution in [0.2, 0.25) is 0 Å². The topological polar surface area (TPSA) is 66.0 Å². The van der Waals surface area contributed by atoms with Gasteiger partial charge in [0, 0.05) is 26.1 Å². The molecule has 2 fully saturated rings. The molecule has 26 heavy (non-hydrogen) atoms. The van der Waals surface area contributed by atoms with E-state index in [4.69, 9.17) is 4.74 Å². The first-order valence-corrected chi connectivity index (χ1v) is 9.81. The molecule has 1 unspecified atom stereocenters. The summed E-state index contributed by atoms with van der Waals surface area (Å²) in [6.07, 6.45) is 6.90. The quantitative estimate of drug-likeness (QED) is 0.783. The molecule has 0 radical (unpaired) electrons. The van der Waals surface area contributed by atoms with E-state index in [2.05, 4.69) is 40.7 Å². The average Bonchev–Trinajstić information content (AvgIpc) is 2.58. The molecule has 3 rings (SSSR count). The smallest absolute Gasteiger partial charge is 0.170 e. The lowest BCUT2D eigenvalue weighted by atomic mass is 9.83. The maximum atomic E-state index is 12.6. The Hall–Kier alpha value is -1.66. The molecular formula is C20H32N4O2. The van der Waals surface area contributed by atoms with Gasteiger partial charge >= 0.3 is 0 Å². The lowest BCUT2D eigenvalue weighted by molar-refractivity contribution is -0.122. The number of methoxy groups -OCH3 is 1. The Kier molecular flexibility index (Phi) is 6.48. The molecule has 3 aliphatic rings. The summed E-state index contributed by atoms with van der Waals surface area (Å²) in [5.74, 6) is 1.83. The van der Waals surface area contributed by atoms with E-state index in [1.165, 1.54) is 36.0 Å². The van der Waals surface area contributed by atoms with Gasteiger partial charge in [-0.25, -0.2) is 0 Å². The summed E-state index contributed by atoms with van der Waals surface area (Å²) in [5.41, 5.74) is 6.99. The van der Waals surface area contributed by atoms with Gasteiger partial charge in [0.15, 0.2) is 5.78 Å². The van der Waals surface area contributed by atoms with Crippen LogP contribution in [-0.4, -0.2) is 62.5 Å². The van der Waals surface area contributed by atoms with Crippen molar-refractivity contribution in [2.75, 3.05) is 39.9 Å². The zero-order chi connectivity index (χ0) is 18.5. The molecule has 6 heteroatoms. The summed E-state index contributed by atoms with van der Waals surface area (Å²) in [5, 5.41) is 7.92. The highest BCUT2D eigenvalue weighted by atomic mass is 16.5. The lowest BCUT2D eigenvalue weighted by Crippen LogP contribution is -2.59. The molecule has 1 saturated carbocycles. The van der Waals surface area contributed by atoms with Crippen molar-refractivity contribution in [2.24, 2.45) is 11.0 Å². The summed E-state index contributed by atoms with van der Waals surface area (Å²) in [6.45, 7) is 7.45. The molecule has 2 aliphatic heterocycles. The van der Waals surface area contributed by atoms with Crippen LogP contribution in [0.3, 0.4) is 0 Å². The number of amidine groups is 1. The number of ether oxygens (including phenoxy) is 1. The van der Waals surface area contributed by atoms with Gasteiger partial charge in [-0.3, -0.25) is 4.79 Å². The largest absolute Gasteiger partial charge is 0.380 e. The van der Waals surface area contributed by atoms with Crippen molar-refractivity contribution in [3.8, 4) is 0 Å². The van der Waals surface area contributed by atoms with Gasteiger partial charge in [0.2, 0.25) is 0 Å². The highest BCUT2D eigenvalue weighted by molar-refractivity contribution is 5.94. The van der Waals surface area contributed by atoms with E-state index in [0.717, 1.165) is 25.3 Å². The predicted octanol–water partition coefficient (Wildman–Crippen LogP) is 1.85. The van der Waals surface area contributed by atoms with Crippen molar-refractivity contribution >= 4 is 11.6 Å². The second-order valence-electron chi connectivity index (χ2n) is 7.57. The van der Waals surface area contributed by atoms with Gasteiger partial charge in [-0.1, -0.05) is 25.0 Å². The number of carbonyl (C=O) groups is 1.